The molecule has 4 aromatic rings. The number of rotatable bonds is 15. The number of aryl methyl sites for hydroxylation is 2. The molecule has 0 unspecified atom stereocenters. The van der Waals surface area contributed by atoms with Gasteiger partial charge in [-0.3, -0.25) is 4.72 Å². The first-order valence-electron chi connectivity index (χ1n) is 17.3. The zero-order valence-corrected chi connectivity index (χ0v) is 29.7. The summed E-state index contributed by atoms with van der Waals surface area (Å²) < 4.78 is 9.64. The average molecular weight is 682 g/mol. The summed E-state index contributed by atoms with van der Waals surface area (Å²) in [7, 11) is 0. The van der Waals surface area contributed by atoms with Crippen molar-refractivity contribution in [2.75, 3.05) is 29.3 Å². The minimum atomic E-state index is -0.971. The first kappa shape index (κ1) is 34.6. The van der Waals surface area contributed by atoms with E-state index in [9.17, 15) is 9.90 Å². The maximum absolute atomic E-state index is 11.5. The van der Waals surface area contributed by atoms with Gasteiger partial charge in [0.2, 0.25) is 11.8 Å². The van der Waals surface area contributed by atoms with E-state index in [1.54, 1.807) is 18.2 Å². The third-order valence-electron chi connectivity index (χ3n) is 9.56. The van der Waals surface area contributed by atoms with Crippen LogP contribution in [0.1, 0.15) is 79.7 Å². The Balaban J connectivity index is 1.15. The molecule has 11 heteroatoms. The number of benzene rings is 2. The molecule has 10 nitrogen and oxygen atoms in total. The Kier molecular flexibility index (Phi) is 11.0. The van der Waals surface area contributed by atoms with Crippen molar-refractivity contribution in [1.82, 2.24) is 25.3 Å². The quantitative estimate of drug-likeness (QED) is 0.107. The molecule has 0 bridgehead atoms. The van der Waals surface area contributed by atoms with Crippen LogP contribution in [0.25, 0.3) is 11.3 Å². The molecule has 1 aliphatic heterocycles. The molecule has 1 aliphatic carbocycles. The largest absolute Gasteiger partial charge is 0.478 e. The van der Waals surface area contributed by atoms with Gasteiger partial charge in [0.05, 0.1) is 35.9 Å². The van der Waals surface area contributed by atoms with Crippen LogP contribution in [0.3, 0.4) is 0 Å². The Morgan fingerprint density at radius 1 is 1.04 bits per heavy atom. The van der Waals surface area contributed by atoms with Gasteiger partial charge in [-0.2, -0.15) is 4.98 Å². The molecule has 2 aromatic heterocycles. The summed E-state index contributed by atoms with van der Waals surface area (Å²) in [4.78, 5) is 33.6. The Labute approximate surface area is 293 Å². The van der Waals surface area contributed by atoms with Gasteiger partial charge in [-0.15, -0.1) is 0 Å². The highest BCUT2D eigenvalue weighted by Crippen LogP contribution is 2.35. The number of piperidine rings is 1. The minimum Gasteiger partial charge on any atom is -0.478 e. The number of ether oxygens (including phenoxy) is 1. The summed E-state index contributed by atoms with van der Waals surface area (Å²) in [6, 6.07) is 14.9. The van der Waals surface area contributed by atoms with Crippen molar-refractivity contribution < 1.29 is 14.6 Å². The zero-order valence-electron chi connectivity index (χ0n) is 28.9. The maximum Gasteiger partial charge on any atom is 0.335 e. The number of carboxylic acids is 1. The van der Waals surface area contributed by atoms with Crippen molar-refractivity contribution in [2.24, 2.45) is 11.3 Å². The number of hydrogen-bond acceptors (Lipinski definition) is 10. The second-order valence-corrected chi connectivity index (χ2v) is 15.0. The standard InChI is InChI=1S/C38H47N7O3S/c1-25-7-5-8-26(2)35(25)32-20-34(43-37(42-32)44-49-31-10-6-9-28(19-31)36(46)47)48-24-29(14-13-27-11-12-27)39-23-33-40-21-30(22-41-33)45-17-15-38(3,4)16-18-45/h5-10,19-22,27,29,39H,11-18,23-24H2,1-4H3,(H,46,47)(H,42,43,44)/t29-/m1/s1. The molecule has 0 spiro atoms. The van der Waals surface area contributed by atoms with Crippen LogP contribution in [0.5, 0.6) is 5.88 Å². The van der Waals surface area contributed by atoms with Gasteiger partial charge < -0.3 is 20.1 Å². The molecular formula is C38H47N7O3S. The minimum absolute atomic E-state index is 0.0938. The molecule has 49 heavy (non-hydrogen) atoms. The second-order valence-electron chi connectivity index (χ2n) is 14.1. The molecule has 0 amide bonds. The predicted octanol–water partition coefficient (Wildman–Crippen LogP) is 7.72. The number of carbonyl (C=O) groups is 1. The lowest BCUT2D eigenvalue weighted by Gasteiger charge is -2.37. The summed E-state index contributed by atoms with van der Waals surface area (Å²) in [6.45, 7) is 11.9. The number of nitrogens with one attached hydrogen (secondary N) is 2. The van der Waals surface area contributed by atoms with Crippen LogP contribution in [0, 0.1) is 25.2 Å². The van der Waals surface area contributed by atoms with Crippen LogP contribution in [-0.2, 0) is 6.54 Å². The summed E-state index contributed by atoms with van der Waals surface area (Å²) >= 11 is 1.26. The van der Waals surface area contributed by atoms with Gasteiger partial charge in [-0.25, -0.2) is 19.7 Å². The molecule has 2 aromatic carbocycles. The van der Waals surface area contributed by atoms with Crippen molar-refractivity contribution in [2.45, 2.75) is 83.7 Å². The zero-order chi connectivity index (χ0) is 34.4. The topological polar surface area (TPSA) is 125 Å². The Morgan fingerprint density at radius 3 is 2.45 bits per heavy atom. The molecule has 2 aliphatic rings. The molecule has 2 fully saturated rings. The van der Waals surface area contributed by atoms with E-state index in [0.29, 0.717) is 30.4 Å². The van der Waals surface area contributed by atoms with Crippen LogP contribution in [0.15, 0.2) is 65.8 Å². The van der Waals surface area contributed by atoms with Crippen molar-refractivity contribution in [3.8, 4) is 17.1 Å². The van der Waals surface area contributed by atoms with Gasteiger partial charge in [0.25, 0.3) is 0 Å². The molecule has 1 saturated heterocycles. The van der Waals surface area contributed by atoms with E-state index in [1.807, 2.05) is 30.6 Å². The third kappa shape index (κ3) is 9.70. The van der Waals surface area contributed by atoms with Gasteiger partial charge in [0.1, 0.15) is 12.4 Å². The van der Waals surface area contributed by atoms with Gasteiger partial charge in [0, 0.05) is 35.7 Å². The first-order chi connectivity index (χ1) is 23.6. The highest BCUT2D eigenvalue weighted by Gasteiger charge is 2.26. The van der Waals surface area contributed by atoms with Crippen molar-refractivity contribution in [1.29, 1.82) is 0 Å². The Hall–Kier alpha value is -4.22. The van der Waals surface area contributed by atoms with E-state index in [-0.39, 0.29) is 11.6 Å². The van der Waals surface area contributed by atoms with E-state index in [4.69, 9.17) is 24.7 Å². The van der Waals surface area contributed by atoms with Crippen molar-refractivity contribution in [3.05, 3.63) is 83.4 Å². The fourth-order valence-electron chi connectivity index (χ4n) is 6.17. The van der Waals surface area contributed by atoms with Crippen LogP contribution < -0.4 is 19.7 Å². The number of aromatic nitrogens is 4. The van der Waals surface area contributed by atoms with Crippen LogP contribution in [-0.4, -0.2) is 56.7 Å². The molecular weight excluding hydrogens is 635 g/mol. The van der Waals surface area contributed by atoms with E-state index < -0.39 is 5.97 Å². The molecule has 3 heterocycles. The lowest BCUT2D eigenvalue weighted by Crippen LogP contribution is -2.37. The number of carboxylic acid groups (broad SMARTS) is 1. The SMILES string of the molecule is Cc1cccc(C)c1-c1cc(OC[C@@H](CCC2CC2)NCc2ncc(N3CCC(C)(C)CC3)cn2)nc(NSc2cccc(C(=O)O)c2)n1. The maximum atomic E-state index is 11.5. The van der Waals surface area contributed by atoms with Crippen LogP contribution >= 0.6 is 11.9 Å². The van der Waals surface area contributed by atoms with Gasteiger partial charge >= 0.3 is 5.97 Å². The van der Waals surface area contributed by atoms with Gasteiger partial charge in [0.15, 0.2) is 0 Å². The van der Waals surface area contributed by atoms with Gasteiger partial charge in [-0.1, -0.05) is 51.0 Å². The lowest BCUT2D eigenvalue weighted by atomic mass is 9.82. The fraction of sp³-hybridized carbons (Fsp3) is 0.447. The lowest BCUT2D eigenvalue weighted by molar-refractivity contribution is 0.0696. The average Bonchev–Trinajstić information content (AvgIpc) is 3.92. The van der Waals surface area contributed by atoms with Crippen LogP contribution in [0.2, 0.25) is 0 Å². The van der Waals surface area contributed by atoms with E-state index >= 15 is 0 Å². The summed E-state index contributed by atoms with van der Waals surface area (Å²) in [5, 5.41) is 13.1. The Bertz CT molecular complexity index is 1720. The number of anilines is 2. The highest BCUT2D eigenvalue weighted by molar-refractivity contribution is 8.00. The normalized spacial score (nSPS) is 16.3. The first-order valence-corrected chi connectivity index (χ1v) is 18.1. The molecule has 0 radical (unpaired) electrons. The van der Waals surface area contributed by atoms with Crippen molar-refractivity contribution in [3.63, 3.8) is 0 Å². The van der Waals surface area contributed by atoms with Gasteiger partial charge in [-0.05, 0) is 92.1 Å². The molecule has 1 atom stereocenters. The highest BCUT2D eigenvalue weighted by atomic mass is 32.2. The van der Waals surface area contributed by atoms with E-state index in [2.05, 4.69) is 54.8 Å². The van der Waals surface area contributed by atoms with Crippen molar-refractivity contribution >= 4 is 29.6 Å². The Morgan fingerprint density at radius 2 is 1.76 bits per heavy atom. The van der Waals surface area contributed by atoms with E-state index in [0.717, 1.165) is 70.6 Å². The second kappa shape index (κ2) is 15.6. The molecule has 258 valence electrons. The summed E-state index contributed by atoms with van der Waals surface area (Å²) in [5.74, 6) is 1.46. The van der Waals surface area contributed by atoms with E-state index in [1.165, 1.54) is 37.6 Å². The van der Waals surface area contributed by atoms with Crippen LogP contribution in [0.4, 0.5) is 11.6 Å². The number of hydrogen-bond donors (Lipinski definition) is 3. The molecule has 1 saturated carbocycles. The predicted molar refractivity (Wildman–Crippen MR) is 195 cm³/mol. The monoisotopic (exact) mass is 681 g/mol. The summed E-state index contributed by atoms with van der Waals surface area (Å²) in [6.07, 6.45) is 11.0. The smallest absolute Gasteiger partial charge is 0.335 e. The molecule has 3 N–H and O–H groups in total. The molecule has 6 rings (SSSR count). The third-order valence-corrected chi connectivity index (χ3v) is 10.3. The number of aromatic carboxylic acids is 1. The fourth-order valence-corrected chi connectivity index (χ4v) is 6.80. The summed E-state index contributed by atoms with van der Waals surface area (Å²) in [5.41, 5.74) is 5.72. The number of nitrogens with zero attached hydrogens (tertiary/aromatic N) is 5.